The van der Waals surface area contributed by atoms with Gasteiger partial charge in [0, 0.05) is 43.7 Å². The second-order valence-electron chi connectivity index (χ2n) is 10.6. The van der Waals surface area contributed by atoms with Crippen LogP contribution < -0.4 is 15.0 Å². The maximum absolute atomic E-state index is 14.4. The van der Waals surface area contributed by atoms with E-state index in [2.05, 4.69) is 28.5 Å². The first-order valence-corrected chi connectivity index (χ1v) is 14.1. The quantitative estimate of drug-likeness (QED) is 0.568. The zero-order valence-corrected chi connectivity index (χ0v) is 22.2. The van der Waals surface area contributed by atoms with Gasteiger partial charge in [-0.25, -0.2) is 9.80 Å². The first-order valence-electron chi connectivity index (χ1n) is 14.1. The van der Waals surface area contributed by atoms with Gasteiger partial charge in [0.1, 0.15) is 11.6 Å². The summed E-state index contributed by atoms with van der Waals surface area (Å²) in [6, 6.07) is 14.2. The Balaban J connectivity index is 1.43. The maximum Gasteiger partial charge on any atom is 0.349 e. The third-order valence-corrected chi connectivity index (χ3v) is 8.16. The number of hydrogen-bond acceptors (Lipinski definition) is 6. The number of rotatable bonds is 6. The van der Waals surface area contributed by atoms with Crippen molar-refractivity contribution >= 4 is 29.0 Å². The molecule has 2 aromatic rings. The summed E-state index contributed by atoms with van der Waals surface area (Å²) in [4.78, 5) is 20.8. The van der Waals surface area contributed by atoms with Gasteiger partial charge in [0.15, 0.2) is 0 Å². The van der Waals surface area contributed by atoms with Gasteiger partial charge in [-0.05, 0) is 55.5 Å². The number of benzene rings is 2. The molecular formula is C30H37N5O3. The molecule has 0 radical (unpaired) electrons. The average Bonchev–Trinajstić information content (AvgIpc) is 3.44. The molecule has 200 valence electrons. The lowest BCUT2D eigenvalue weighted by atomic mass is 9.82. The van der Waals surface area contributed by atoms with Crippen LogP contribution in [0.25, 0.3) is 0 Å². The number of fused-ring (bicyclic) bond motifs is 1. The summed E-state index contributed by atoms with van der Waals surface area (Å²) in [7, 11) is 1.67. The summed E-state index contributed by atoms with van der Waals surface area (Å²) >= 11 is 0. The molecule has 3 heterocycles. The normalized spacial score (nSPS) is 20.9. The SMILES string of the molecule is COc1ccc2c(c1)N(c1ccc(CC3=NCCN3)cc1)C(=O)N(C1CCOCC1)N=C2C1CCCCC1. The molecule has 2 amide bonds. The van der Waals surface area contributed by atoms with Crippen LogP contribution in [0.5, 0.6) is 5.75 Å². The van der Waals surface area contributed by atoms with Crippen molar-refractivity contribution in [3.63, 3.8) is 0 Å². The number of nitrogens with one attached hydrogen (secondary N) is 1. The lowest BCUT2D eigenvalue weighted by Crippen LogP contribution is -2.45. The predicted octanol–water partition coefficient (Wildman–Crippen LogP) is 5.28. The van der Waals surface area contributed by atoms with E-state index in [0.29, 0.717) is 19.1 Å². The molecule has 3 aliphatic heterocycles. The summed E-state index contributed by atoms with van der Waals surface area (Å²) in [5.74, 6) is 2.09. The van der Waals surface area contributed by atoms with E-state index in [4.69, 9.17) is 14.6 Å². The van der Waals surface area contributed by atoms with Crippen molar-refractivity contribution in [2.24, 2.45) is 16.0 Å². The number of methoxy groups -OCH3 is 1. The molecule has 0 spiro atoms. The Hall–Kier alpha value is -3.39. The molecule has 0 aromatic heterocycles. The lowest BCUT2D eigenvalue weighted by molar-refractivity contribution is 0.0480. The zero-order valence-electron chi connectivity index (χ0n) is 22.2. The van der Waals surface area contributed by atoms with Gasteiger partial charge >= 0.3 is 6.03 Å². The van der Waals surface area contributed by atoms with E-state index < -0.39 is 0 Å². The zero-order chi connectivity index (χ0) is 25.9. The fraction of sp³-hybridized carbons (Fsp3) is 0.500. The number of hydrogen-bond donors (Lipinski definition) is 1. The van der Waals surface area contributed by atoms with Crippen LogP contribution in [0.1, 0.15) is 56.1 Å². The molecule has 1 N–H and O–H groups in total. The van der Waals surface area contributed by atoms with Gasteiger partial charge in [-0.1, -0.05) is 31.4 Å². The molecule has 0 bridgehead atoms. The van der Waals surface area contributed by atoms with Crippen LogP contribution >= 0.6 is 0 Å². The Labute approximate surface area is 224 Å². The van der Waals surface area contributed by atoms with Crippen LogP contribution in [0.3, 0.4) is 0 Å². The minimum atomic E-state index is -0.119. The Kier molecular flexibility index (Phi) is 7.31. The van der Waals surface area contributed by atoms with Gasteiger partial charge in [0.2, 0.25) is 0 Å². The van der Waals surface area contributed by atoms with E-state index >= 15 is 0 Å². The van der Waals surface area contributed by atoms with Crippen LogP contribution in [0.15, 0.2) is 52.6 Å². The van der Waals surface area contributed by atoms with Crippen LogP contribution in [-0.2, 0) is 11.2 Å². The summed E-state index contributed by atoms with van der Waals surface area (Å²) in [6.07, 6.45) is 8.21. The molecule has 1 saturated heterocycles. The summed E-state index contributed by atoms with van der Waals surface area (Å²) in [6.45, 7) is 3.03. The first-order chi connectivity index (χ1) is 18.7. The highest BCUT2D eigenvalue weighted by atomic mass is 16.5. The van der Waals surface area contributed by atoms with Gasteiger partial charge in [-0.2, -0.15) is 5.10 Å². The highest BCUT2D eigenvalue weighted by molar-refractivity contribution is 6.14. The molecule has 1 saturated carbocycles. The van der Waals surface area contributed by atoms with Crippen LogP contribution in [0.2, 0.25) is 0 Å². The van der Waals surface area contributed by atoms with E-state index in [9.17, 15) is 4.79 Å². The number of amides is 2. The van der Waals surface area contributed by atoms with E-state index in [1.807, 2.05) is 29.2 Å². The van der Waals surface area contributed by atoms with E-state index in [1.165, 1.54) is 19.3 Å². The number of hydrazone groups is 1. The van der Waals surface area contributed by atoms with Crippen molar-refractivity contribution in [3.05, 3.63) is 53.6 Å². The molecule has 38 heavy (non-hydrogen) atoms. The fourth-order valence-corrected chi connectivity index (χ4v) is 6.07. The predicted molar refractivity (Wildman–Crippen MR) is 150 cm³/mol. The summed E-state index contributed by atoms with van der Waals surface area (Å²) in [5.41, 5.74) is 4.88. The number of carbonyl (C=O) groups is 1. The fourth-order valence-electron chi connectivity index (χ4n) is 6.07. The number of nitrogens with zero attached hydrogens (tertiary/aromatic N) is 4. The van der Waals surface area contributed by atoms with Gasteiger partial charge in [-0.15, -0.1) is 0 Å². The average molecular weight is 516 g/mol. The second-order valence-corrected chi connectivity index (χ2v) is 10.6. The third-order valence-electron chi connectivity index (χ3n) is 8.16. The smallest absolute Gasteiger partial charge is 0.349 e. The van der Waals surface area contributed by atoms with Gasteiger partial charge < -0.3 is 14.8 Å². The van der Waals surface area contributed by atoms with Crippen LogP contribution in [-0.4, -0.2) is 62.0 Å². The largest absolute Gasteiger partial charge is 0.497 e. The van der Waals surface area contributed by atoms with Crippen molar-refractivity contribution in [1.29, 1.82) is 0 Å². The van der Waals surface area contributed by atoms with Crippen molar-refractivity contribution in [2.75, 3.05) is 38.3 Å². The first kappa shape index (κ1) is 24.9. The second kappa shape index (κ2) is 11.2. The Bertz CT molecular complexity index is 1210. The number of anilines is 2. The highest BCUT2D eigenvalue weighted by Gasteiger charge is 2.37. The minimum absolute atomic E-state index is 0.0132. The molecule has 8 nitrogen and oxygen atoms in total. The number of ether oxygens (including phenoxy) is 2. The maximum atomic E-state index is 14.4. The molecule has 6 rings (SSSR count). The molecule has 4 aliphatic rings. The van der Waals surface area contributed by atoms with Gasteiger partial charge in [-0.3, -0.25) is 9.89 Å². The molecule has 2 fully saturated rings. The van der Waals surface area contributed by atoms with Crippen molar-refractivity contribution in [2.45, 2.75) is 57.4 Å². The highest BCUT2D eigenvalue weighted by Crippen LogP contribution is 2.40. The van der Waals surface area contributed by atoms with E-state index in [0.717, 1.165) is 85.0 Å². The van der Waals surface area contributed by atoms with Crippen molar-refractivity contribution in [1.82, 2.24) is 10.3 Å². The number of carbonyl (C=O) groups excluding carboxylic acids is 1. The van der Waals surface area contributed by atoms with Crippen LogP contribution in [0.4, 0.5) is 16.2 Å². The molecular weight excluding hydrogens is 478 g/mol. The Morgan fingerprint density at radius 1 is 1.03 bits per heavy atom. The number of aliphatic imine (C=N–C) groups is 1. The minimum Gasteiger partial charge on any atom is -0.497 e. The van der Waals surface area contributed by atoms with Gasteiger partial charge in [0.05, 0.1) is 36.8 Å². The monoisotopic (exact) mass is 515 g/mol. The molecule has 1 aliphatic carbocycles. The third kappa shape index (κ3) is 5.01. The molecule has 8 heteroatoms. The van der Waals surface area contributed by atoms with Gasteiger partial charge in [0.25, 0.3) is 0 Å². The Morgan fingerprint density at radius 2 is 1.82 bits per heavy atom. The standard InChI is InChI=1S/C30H37N5O3/c1-37-25-11-12-26-27(20-25)34(23-9-7-21(8-10-23)19-28-31-15-16-32-28)30(36)35(24-13-17-38-18-14-24)33-29(26)22-5-3-2-4-6-22/h7-12,20,22,24H,2-6,13-19H2,1H3,(H,31,32). The van der Waals surface area contributed by atoms with Crippen LogP contribution in [0, 0.1) is 5.92 Å². The molecule has 0 unspecified atom stereocenters. The number of amidine groups is 1. The van der Waals surface area contributed by atoms with Crippen molar-refractivity contribution < 1.29 is 14.3 Å². The van der Waals surface area contributed by atoms with E-state index in [1.54, 1.807) is 12.1 Å². The Morgan fingerprint density at radius 3 is 2.53 bits per heavy atom. The molecule has 0 atom stereocenters. The topological polar surface area (TPSA) is 78.8 Å². The number of urea groups is 1. The van der Waals surface area contributed by atoms with Crippen molar-refractivity contribution in [3.8, 4) is 5.75 Å². The summed E-state index contributed by atoms with van der Waals surface area (Å²) < 4.78 is 11.3. The lowest BCUT2D eigenvalue weighted by Gasteiger charge is -2.33. The summed E-state index contributed by atoms with van der Waals surface area (Å²) in [5, 5.41) is 10.3. The van der Waals surface area contributed by atoms with E-state index in [-0.39, 0.29) is 12.1 Å². The molecule has 2 aromatic carbocycles.